The Bertz CT molecular complexity index is 204. The van der Waals surface area contributed by atoms with Crippen LogP contribution in [0.25, 0.3) is 0 Å². The van der Waals surface area contributed by atoms with Crippen molar-refractivity contribution in [3.05, 3.63) is 0 Å². The molecule has 0 aromatic heterocycles. The van der Waals surface area contributed by atoms with Gasteiger partial charge in [0.05, 0.1) is 13.2 Å². The van der Waals surface area contributed by atoms with Crippen molar-refractivity contribution in [3.8, 4) is 0 Å². The van der Waals surface area contributed by atoms with Gasteiger partial charge in [-0.15, -0.1) is 0 Å². The minimum atomic E-state index is 0.631. The molecule has 1 aliphatic rings. The van der Waals surface area contributed by atoms with Crippen LogP contribution in [0.15, 0.2) is 0 Å². The van der Waals surface area contributed by atoms with Crippen LogP contribution in [0.1, 0.15) is 33.6 Å². The number of hydrogen-bond acceptors (Lipinski definition) is 4. The van der Waals surface area contributed by atoms with Gasteiger partial charge in [-0.3, -0.25) is 4.90 Å². The lowest BCUT2D eigenvalue weighted by Crippen LogP contribution is -2.47. The quantitative estimate of drug-likeness (QED) is 0.614. The number of nitrogens with zero attached hydrogens (tertiary/aromatic N) is 1. The zero-order chi connectivity index (χ0) is 13.9. The molecule has 1 heterocycles. The minimum Gasteiger partial charge on any atom is -0.380 e. The van der Waals surface area contributed by atoms with E-state index in [1.54, 1.807) is 0 Å². The Balaban J connectivity index is 2.28. The highest BCUT2D eigenvalue weighted by molar-refractivity contribution is 4.79. The molecule has 0 radical (unpaired) electrons. The molecule has 0 aromatic rings. The standard InChI is InChI=1S/C15H32N2O2/c1-4-18-10-8-17(9-11-19-5-2)13-15-12-14(3)6-7-16-15/h14-16H,4-13H2,1-3H3. The number of hydrogen-bond donors (Lipinski definition) is 1. The third-order valence-corrected chi connectivity index (χ3v) is 3.75. The summed E-state index contributed by atoms with van der Waals surface area (Å²) < 4.78 is 11.0. The van der Waals surface area contributed by atoms with E-state index in [1.807, 2.05) is 0 Å². The van der Waals surface area contributed by atoms with Gasteiger partial charge in [0.2, 0.25) is 0 Å². The van der Waals surface area contributed by atoms with Crippen LogP contribution in [0.4, 0.5) is 0 Å². The van der Waals surface area contributed by atoms with Gasteiger partial charge in [-0.1, -0.05) is 6.92 Å². The lowest BCUT2D eigenvalue weighted by molar-refractivity contribution is 0.0752. The molecule has 1 rings (SSSR count). The number of nitrogens with one attached hydrogen (secondary N) is 1. The van der Waals surface area contributed by atoms with Gasteiger partial charge in [0.1, 0.15) is 0 Å². The topological polar surface area (TPSA) is 33.7 Å². The van der Waals surface area contributed by atoms with Crippen LogP contribution >= 0.6 is 0 Å². The normalized spacial score (nSPS) is 24.0. The molecule has 114 valence electrons. The van der Waals surface area contributed by atoms with Gasteiger partial charge < -0.3 is 14.8 Å². The molecule has 0 aromatic carbocycles. The maximum absolute atomic E-state index is 5.48. The second kappa shape index (κ2) is 10.6. The van der Waals surface area contributed by atoms with Crippen LogP contribution in [0.2, 0.25) is 0 Å². The molecule has 4 nitrogen and oxygen atoms in total. The monoisotopic (exact) mass is 272 g/mol. The van der Waals surface area contributed by atoms with E-state index >= 15 is 0 Å². The summed E-state index contributed by atoms with van der Waals surface area (Å²) in [6, 6.07) is 0.631. The first-order chi connectivity index (χ1) is 9.26. The van der Waals surface area contributed by atoms with Crippen molar-refractivity contribution in [1.29, 1.82) is 0 Å². The van der Waals surface area contributed by atoms with Gasteiger partial charge in [-0.2, -0.15) is 0 Å². The summed E-state index contributed by atoms with van der Waals surface area (Å²) in [5.41, 5.74) is 0. The van der Waals surface area contributed by atoms with E-state index in [-0.39, 0.29) is 0 Å². The molecule has 4 heteroatoms. The maximum atomic E-state index is 5.48. The van der Waals surface area contributed by atoms with Gasteiger partial charge in [-0.25, -0.2) is 0 Å². The Morgan fingerprint density at radius 2 is 1.74 bits per heavy atom. The molecular weight excluding hydrogens is 240 g/mol. The fraction of sp³-hybridized carbons (Fsp3) is 1.00. The minimum absolute atomic E-state index is 0.631. The zero-order valence-electron chi connectivity index (χ0n) is 13.0. The first-order valence-corrected chi connectivity index (χ1v) is 7.87. The van der Waals surface area contributed by atoms with Gasteiger partial charge >= 0.3 is 0 Å². The average Bonchev–Trinajstić information content (AvgIpc) is 2.39. The van der Waals surface area contributed by atoms with Crippen molar-refractivity contribution in [2.24, 2.45) is 5.92 Å². The molecule has 0 amide bonds. The SMILES string of the molecule is CCOCCN(CCOCC)CC1CC(C)CCN1. The summed E-state index contributed by atoms with van der Waals surface area (Å²) in [6.45, 7) is 14.0. The second-order valence-electron chi connectivity index (χ2n) is 5.48. The van der Waals surface area contributed by atoms with Crippen molar-refractivity contribution in [2.45, 2.75) is 39.7 Å². The van der Waals surface area contributed by atoms with E-state index in [4.69, 9.17) is 9.47 Å². The highest BCUT2D eigenvalue weighted by Gasteiger charge is 2.20. The van der Waals surface area contributed by atoms with E-state index in [1.165, 1.54) is 12.8 Å². The molecule has 2 unspecified atom stereocenters. The second-order valence-corrected chi connectivity index (χ2v) is 5.48. The van der Waals surface area contributed by atoms with Crippen molar-refractivity contribution >= 4 is 0 Å². The Labute approximate surface area is 118 Å². The number of piperidine rings is 1. The van der Waals surface area contributed by atoms with Crippen molar-refractivity contribution in [3.63, 3.8) is 0 Å². The molecular formula is C15H32N2O2. The van der Waals surface area contributed by atoms with Crippen LogP contribution in [0.3, 0.4) is 0 Å². The van der Waals surface area contributed by atoms with E-state index in [2.05, 4.69) is 31.0 Å². The van der Waals surface area contributed by atoms with E-state index in [0.29, 0.717) is 6.04 Å². The van der Waals surface area contributed by atoms with E-state index < -0.39 is 0 Å². The molecule has 1 fully saturated rings. The highest BCUT2D eigenvalue weighted by atomic mass is 16.5. The van der Waals surface area contributed by atoms with Crippen LogP contribution in [-0.4, -0.2) is 63.5 Å². The van der Waals surface area contributed by atoms with Crippen LogP contribution < -0.4 is 5.32 Å². The lowest BCUT2D eigenvalue weighted by atomic mass is 9.94. The summed E-state index contributed by atoms with van der Waals surface area (Å²) in [7, 11) is 0. The lowest BCUT2D eigenvalue weighted by Gasteiger charge is -2.33. The van der Waals surface area contributed by atoms with Gasteiger partial charge in [0.15, 0.2) is 0 Å². The van der Waals surface area contributed by atoms with Crippen molar-refractivity contribution < 1.29 is 9.47 Å². The first kappa shape index (κ1) is 16.9. The first-order valence-electron chi connectivity index (χ1n) is 7.87. The fourth-order valence-corrected chi connectivity index (χ4v) is 2.64. The summed E-state index contributed by atoms with van der Waals surface area (Å²) in [5, 5.41) is 3.64. The molecule has 2 atom stereocenters. The Morgan fingerprint density at radius 1 is 1.11 bits per heavy atom. The molecule has 0 spiro atoms. The molecule has 1 aliphatic heterocycles. The molecule has 0 saturated carbocycles. The molecule has 19 heavy (non-hydrogen) atoms. The number of ether oxygens (including phenoxy) is 2. The predicted molar refractivity (Wildman–Crippen MR) is 79.6 cm³/mol. The summed E-state index contributed by atoms with van der Waals surface area (Å²) in [6.07, 6.45) is 2.61. The molecule has 0 aliphatic carbocycles. The van der Waals surface area contributed by atoms with Crippen LogP contribution in [0, 0.1) is 5.92 Å². The summed E-state index contributed by atoms with van der Waals surface area (Å²) >= 11 is 0. The number of rotatable bonds is 10. The predicted octanol–water partition coefficient (Wildman–Crippen LogP) is 1.75. The smallest absolute Gasteiger partial charge is 0.0593 e. The third-order valence-electron chi connectivity index (χ3n) is 3.75. The molecule has 1 N–H and O–H groups in total. The molecule has 1 saturated heterocycles. The largest absolute Gasteiger partial charge is 0.380 e. The van der Waals surface area contributed by atoms with Crippen molar-refractivity contribution in [1.82, 2.24) is 10.2 Å². The maximum Gasteiger partial charge on any atom is 0.0593 e. The Kier molecular flexibility index (Phi) is 9.43. The van der Waals surface area contributed by atoms with Gasteiger partial charge in [0.25, 0.3) is 0 Å². The van der Waals surface area contributed by atoms with E-state index in [0.717, 1.165) is 58.5 Å². The molecule has 0 bridgehead atoms. The highest BCUT2D eigenvalue weighted by Crippen LogP contribution is 2.15. The summed E-state index contributed by atoms with van der Waals surface area (Å²) in [4.78, 5) is 2.47. The van der Waals surface area contributed by atoms with Crippen LogP contribution in [0.5, 0.6) is 0 Å². The van der Waals surface area contributed by atoms with Crippen molar-refractivity contribution in [2.75, 3.05) is 52.6 Å². The van der Waals surface area contributed by atoms with E-state index in [9.17, 15) is 0 Å². The zero-order valence-corrected chi connectivity index (χ0v) is 13.0. The summed E-state index contributed by atoms with van der Waals surface area (Å²) in [5.74, 6) is 0.854. The Hall–Kier alpha value is -0.160. The average molecular weight is 272 g/mol. The Morgan fingerprint density at radius 3 is 2.26 bits per heavy atom. The van der Waals surface area contributed by atoms with Gasteiger partial charge in [0, 0.05) is 38.9 Å². The van der Waals surface area contributed by atoms with Gasteiger partial charge in [-0.05, 0) is 39.2 Å². The van der Waals surface area contributed by atoms with Crippen LogP contribution in [-0.2, 0) is 9.47 Å². The fourth-order valence-electron chi connectivity index (χ4n) is 2.64. The third kappa shape index (κ3) is 7.88.